The summed E-state index contributed by atoms with van der Waals surface area (Å²) in [5.41, 5.74) is -4.43. The Kier molecular flexibility index (Phi) is 7.48. The van der Waals surface area contributed by atoms with Crippen LogP contribution < -0.4 is 0 Å². The first-order valence-electron chi connectivity index (χ1n) is 3.99. The Morgan fingerprint density at radius 1 is 1.22 bits per heavy atom. The Morgan fingerprint density at radius 2 is 1.67 bits per heavy atom. The minimum Gasteiger partial charge on any atom is -0.279 e. The van der Waals surface area contributed by atoms with Gasteiger partial charge < -0.3 is 0 Å². The molecule has 9 heteroatoms. The van der Waals surface area contributed by atoms with Crippen molar-refractivity contribution in [3.8, 4) is 9.85 Å². The summed E-state index contributed by atoms with van der Waals surface area (Å²) in [6.07, 6.45) is 0. The van der Waals surface area contributed by atoms with Crippen LogP contribution in [0.25, 0.3) is 0 Å². The highest BCUT2D eigenvalue weighted by Gasteiger charge is 2.44. The molecule has 1 rings (SSSR count). The van der Waals surface area contributed by atoms with Gasteiger partial charge in [0.2, 0.25) is 0 Å². The van der Waals surface area contributed by atoms with Crippen LogP contribution >= 0.6 is 45.2 Å². The Balaban J connectivity index is 0.000000331. The molecule has 1 aromatic rings. The summed E-state index contributed by atoms with van der Waals surface area (Å²) in [6.45, 7) is 0. The zero-order valence-electron chi connectivity index (χ0n) is 8.37. The van der Waals surface area contributed by atoms with Crippen molar-refractivity contribution in [3.63, 3.8) is 0 Å². The number of halogens is 5. The van der Waals surface area contributed by atoms with E-state index in [1.165, 1.54) is 3.57 Å². The van der Waals surface area contributed by atoms with Gasteiger partial charge in [-0.15, -0.1) is 0 Å². The predicted molar refractivity (Wildman–Crippen MR) is 77.7 cm³/mol. The molecule has 3 nitrogen and oxygen atoms in total. The van der Waals surface area contributed by atoms with Crippen LogP contribution in [0.1, 0.15) is 5.56 Å². The van der Waals surface area contributed by atoms with Gasteiger partial charge in [0.1, 0.15) is 0 Å². The monoisotopic (exact) mass is 504 g/mol. The highest BCUT2D eigenvalue weighted by molar-refractivity contribution is 14.1. The van der Waals surface area contributed by atoms with Crippen molar-refractivity contribution in [2.75, 3.05) is 0 Å². The van der Waals surface area contributed by atoms with Crippen LogP contribution in [0.15, 0.2) is 24.3 Å². The molecule has 100 valence electrons. The van der Waals surface area contributed by atoms with Crippen molar-refractivity contribution in [3.05, 3.63) is 33.4 Å². The van der Waals surface area contributed by atoms with Gasteiger partial charge in [0.15, 0.2) is 0 Å². The topological polar surface area (TPSA) is 54.4 Å². The van der Waals surface area contributed by atoms with E-state index in [9.17, 15) is 13.2 Å². The molecule has 0 spiro atoms. The van der Waals surface area contributed by atoms with E-state index in [1.54, 1.807) is 0 Å². The third-order valence-electron chi connectivity index (χ3n) is 1.35. The summed E-state index contributed by atoms with van der Waals surface area (Å²) in [7, 11) is -5.84. The van der Waals surface area contributed by atoms with Crippen molar-refractivity contribution in [1.82, 2.24) is 0 Å². The Labute approximate surface area is 129 Å². The highest BCUT2D eigenvalue weighted by atomic mass is 127. The van der Waals surface area contributed by atoms with Crippen LogP contribution in [0.5, 0.6) is 0 Å². The number of benzene rings is 1. The van der Waals surface area contributed by atoms with Gasteiger partial charge in [0.25, 0.3) is 0 Å². The molecule has 0 fully saturated rings. The van der Waals surface area contributed by atoms with E-state index in [2.05, 4.69) is 38.5 Å². The molecule has 0 aliphatic carbocycles. The normalized spacial score (nSPS) is 10.8. The lowest BCUT2D eigenvalue weighted by Crippen LogP contribution is -2.21. The molecular weight excluding hydrogens is 499 g/mol. The second-order valence-electron chi connectivity index (χ2n) is 2.62. The summed E-state index contributed by atoms with van der Waals surface area (Å²) in [5, 5.41) is 0. The van der Waals surface area contributed by atoms with Crippen molar-refractivity contribution in [2.24, 2.45) is 0 Å². The van der Waals surface area contributed by atoms with Gasteiger partial charge in [-0.1, -0.05) is 18.1 Å². The third kappa shape index (κ3) is 6.76. The van der Waals surface area contributed by atoms with Crippen LogP contribution in [0.3, 0.4) is 0 Å². The van der Waals surface area contributed by atoms with Crippen molar-refractivity contribution in [2.45, 2.75) is 5.51 Å². The highest BCUT2D eigenvalue weighted by Crippen LogP contribution is 2.20. The van der Waals surface area contributed by atoms with Gasteiger partial charge in [0.05, 0.1) is 0 Å². The maximum atomic E-state index is 10.7. The summed E-state index contributed by atoms with van der Waals surface area (Å²) >= 11 is 4.32. The number of hydrogen-bond acceptors (Lipinski definition) is 2. The first-order chi connectivity index (χ1) is 8.09. The molecule has 0 unspecified atom stereocenters. The van der Waals surface area contributed by atoms with E-state index in [0.29, 0.717) is 0 Å². The Bertz CT molecular complexity index is 558. The van der Waals surface area contributed by atoms with Crippen molar-refractivity contribution in [1.29, 1.82) is 0 Å². The smallest absolute Gasteiger partial charge is 0.279 e. The number of alkyl halides is 3. The molecule has 0 saturated heterocycles. The van der Waals surface area contributed by atoms with E-state index >= 15 is 0 Å². The first kappa shape index (κ1) is 17.9. The molecule has 1 N–H and O–H groups in total. The lowest BCUT2D eigenvalue weighted by Gasteiger charge is -1.97. The minimum absolute atomic E-state index is 1.11. The van der Waals surface area contributed by atoms with Crippen molar-refractivity contribution < 1.29 is 26.1 Å². The average Bonchev–Trinajstić information content (AvgIpc) is 2.20. The van der Waals surface area contributed by atoms with Crippen LogP contribution in [0, 0.1) is 13.4 Å². The quantitative estimate of drug-likeness (QED) is 0.255. The van der Waals surface area contributed by atoms with Gasteiger partial charge >= 0.3 is 15.6 Å². The molecule has 0 radical (unpaired) electrons. The third-order valence-corrected chi connectivity index (χ3v) is 3.14. The van der Waals surface area contributed by atoms with Gasteiger partial charge in [0, 0.05) is 31.7 Å². The number of rotatable bonds is 0. The molecule has 0 aromatic heterocycles. The van der Waals surface area contributed by atoms with Gasteiger partial charge in [-0.05, 0) is 38.7 Å². The first-order valence-corrected chi connectivity index (χ1v) is 7.59. The Morgan fingerprint density at radius 3 is 2.00 bits per heavy atom. The lowest BCUT2D eigenvalue weighted by molar-refractivity contribution is -0.0510. The van der Waals surface area contributed by atoms with Gasteiger partial charge in [-0.25, -0.2) is 0 Å². The van der Waals surface area contributed by atoms with Crippen LogP contribution in [0.4, 0.5) is 13.2 Å². The minimum atomic E-state index is -5.84. The predicted octanol–water partition coefficient (Wildman–Crippen LogP) is 3.43. The molecule has 1 aromatic carbocycles. The van der Waals surface area contributed by atoms with Crippen LogP contribution in [0.2, 0.25) is 0 Å². The molecule has 0 bridgehead atoms. The van der Waals surface area contributed by atoms with E-state index in [0.717, 1.165) is 5.56 Å². The Hall–Kier alpha value is -0.0600. The van der Waals surface area contributed by atoms with Crippen LogP contribution in [-0.2, 0) is 10.1 Å². The summed E-state index contributed by atoms with van der Waals surface area (Å²) in [4.78, 5) is 0. The standard InChI is InChI=1S/C8H4I2.CHF3O3S/c9-6-5-7-3-1-2-4-8(7)10;2-1(3,4)8(5,6)7/h1-4H;(H,5,6,7). The second-order valence-corrected chi connectivity index (χ2v) is 5.73. The van der Waals surface area contributed by atoms with Crippen LogP contribution in [-0.4, -0.2) is 18.5 Å². The summed E-state index contributed by atoms with van der Waals surface area (Å²) < 4.78 is 61.6. The molecular formula is C9H5F3I2O3S. The molecule has 0 aliphatic rings. The molecule has 18 heavy (non-hydrogen) atoms. The fourth-order valence-electron chi connectivity index (χ4n) is 0.613. The number of hydrogen-bond donors (Lipinski definition) is 1. The zero-order valence-corrected chi connectivity index (χ0v) is 13.5. The lowest BCUT2D eigenvalue weighted by atomic mass is 10.2. The van der Waals surface area contributed by atoms with E-state index in [4.69, 9.17) is 13.0 Å². The zero-order chi connectivity index (χ0) is 14.4. The molecule has 0 aliphatic heterocycles. The fourth-order valence-corrected chi connectivity index (χ4v) is 1.43. The second kappa shape index (κ2) is 7.51. The largest absolute Gasteiger partial charge is 0.522 e. The average molecular weight is 504 g/mol. The molecule has 0 saturated carbocycles. The maximum absolute atomic E-state index is 10.7. The summed E-state index contributed by atoms with van der Waals surface area (Å²) in [5.74, 6) is 3.00. The van der Waals surface area contributed by atoms with E-state index in [1.807, 2.05) is 40.8 Å². The maximum Gasteiger partial charge on any atom is 0.522 e. The summed E-state index contributed by atoms with van der Waals surface area (Å²) in [6, 6.07) is 8.09. The van der Waals surface area contributed by atoms with Gasteiger partial charge in [-0.3, -0.25) is 4.55 Å². The van der Waals surface area contributed by atoms with Gasteiger partial charge in [-0.2, -0.15) is 21.6 Å². The SMILES string of the molecule is IC#Cc1ccccc1I.O=S(=O)(O)C(F)(F)F. The molecule has 0 atom stereocenters. The fraction of sp³-hybridized carbons (Fsp3) is 0.111. The van der Waals surface area contributed by atoms with E-state index < -0.39 is 15.6 Å². The van der Waals surface area contributed by atoms with E-state index in [-0.39, 0.29) is 0 Å². The molecule has 0 heterocycles. The molecule has 0 amide bonds. The van der Waals surface area contributed by atoms with Crippen molar-refractivity contribution >= 4 is 55.3 Å².